The van der Waals surface area contributed by atoms with Crippen molar-refractivity contribution in [2.24, 2.45) is 5.92 Å². The van der Waals surface area contributed by atoms with Crippen LogP contribution >= 0.6 is 11.8 Å². The smallest absolute Gasteiger partial charge is 0.293 e. The molecule has 1 saturated carbocycles. The molecule has 31 heavy (non-hydrogen) atoms. The monoisotopic (exact) mass is 439 g/mol. The highest BCUT2D eigenvalue weighted by Gasteiger charge is 2.36. The molecule has 0 radical (unpaired) electrons. The molecule has 2 heterocycles. The fraction of sp³-hybridized carbons (Fsp3) is 0.391. The number of aromatic nitrogens is 1. The van der Waals surface area contributed by atoms with Crippen molar-refractivity contribution in [1.29, 1.82) is 0 Å². The van der Waals surface area contributed by atoms with Gasteiger partial charge in [0.15, 0.2) is 0 Å². The van der Waals surface area contributed by atoms with Gasteiger partial charge in [0.2, 0.25) is 0 Å². The van der Waals surface area contributed by atoms with E-state index in [1.165, 1.54) is 36.3 Å². The van der Waals surface area contributed by atoms with Crippen LogP contribution in [0.1, 0.15) is 49.1 Å². The number of thioether (sulfide) groups is 1. The summed E-state index contributed by atoms with van der Waals surface area (Å²) >= 11 is 0.991. The quantitative estimate of drug-likeness (QED) is 0.343. The summed E-state index contributed by atoms with van der Waals surface area (Å²) in [4.78, 5) is 38.0. The fourth-order valence-corrected chi connectivity index (χ4v) is 5.34. The molecular formula is C23H25N3O4S. The molecule has 162 valence electrons. The molecule has 1 aromatic carbocycles. The number of carbonyl (C=O) groups excluding carboxylic acids is 2. The molecule has 0 atom stereocenters. The van der Waals surface area contributed by atoms with E-state index >= 15 is 0 Å². The maximum atomic E-state index is 12.9. The normalized spacial score (nSPS) is 18.9. The van der Waals surface area contributed by atoms with Crippen molar-refractivity contribution in [3.05, 3.63) is 62.3 Å². The summed E-state index contributed by atoms with van der Waals surface area (Å²) < 4.78 is 1.92. The first-order valence-corrected chi connectivity index (χ1v) is 11.4. The number of hydrogen-bond acceptors (Lipinski definition) is 5. The van der Waals surface area contributed by atoms with Crippen molar-refractivity contribution < 1.29 is 14.5 Å². The molecule has 1 saturated heterocycles. The minimum Gasteiger partial charge on any atom is -0.318 e. The highest BCUT2D eigenvalue weighted by atomic mass is 32.2. The summed E-state index contributed by atoms with van der Waals surface area (Å²) in [6, 6.07) is 8.39. The van der Waals surface area contributed by atoms with E-state index < -0.39 is 4.92 Å². The van der Waals surface area contributed by atoms with Crippen LogP contribution in [0.4, 0.5) is 10.5 Å². The molecular weight excluding hydrogens is 414 g/mol. The Labute approximate surface area is 185 Å². The Bertz CT molecular complexity index is 1080. The van der Waals surface area contributed by atoms with Gasteiger partial charge in [-0.3, -0.25) is 24.6 Å². The van der Waals surface area contributed by atoms with E-state index in [9.17, 15) is 19.7 Å². The molecule has 2 amide bonds. The predicted octanol–water partition coefficient (Wildman–Crippen LogP) is 5.62. The first-order chi connectivity index (χ1) is 14.8. The number of imide groups is 1. The number of nitro benzene ring substituents is 1. The largest absolute Gasteiger partial charge is 0.318 e. The number of nitro groups is 1. The van der Waals surface area contributed by atoms with E-state index in [2.05, 4.69) is 0 Å². The van der Waals surface area contributed by atoms with Crippen LogP contribution in [-0.2, 0) is 4.79 Å². The van der Waals surface area contributed by atoms with Crippen molar-refractivity contribution in [3.8, 4) is 5.69 Å². The molecule has 2 aromatic rings. The number of carbonyl (C=O) groups is 2. The Morgan fingerprint density at radius 3 is 2.61 bits per heavy atom. The van der Waals surface area contributed by atoms with Crippen LogP contribution in [-0.4, -0.2) is 32.1 Å². The average molecular weight is 440 g/mol. The molecule has 0 unspecified atom stereocenters. The van der Waals surface area contributed by atoms with Crippen molar-refractivity contribution in [3.63, 3.8) is 0 Å². The molecule has 0 bridgehead atoms. The first-order valence-electron chi connectivity index (χ1n) is 10.5. The second-order valence-electron chi connectivity index (χ2n) is 8.24. The third kappa shape index (κ3) is 4.30. The number of hydrogen-bond donors (Lipinski definition) is 0. The number of aryl methyl sites for hydroxylation is 1. The van der Waals surface area contributed by atoms with Gasteiger partial charge in [0.05, 0.1) is 15.5 Å². The van der Waals surface area contributed by atoms with Crippen LogP contribution in [0.15, 0.2) is 35.2 Å². The van der Waals surface area contributed by atoms with Crippen LogP contribution in [0.2, 0.25) is 0 Å². The summed E-state index contributed by atoms with van der Waals surface area (Å²) in [5, 5.41) is 10.9. The Hall–Kier alpha value is -2.87. The highest BCUT2D eigenvalue weighted by Crippen LogP contribution is 2.36. The van der Waals surface area contributed by atoms with Gasteiger partial charge in [-0.15, -0.1) is 0 Å². The summed E-state index contributed by atoms with van der Waals surface area (Å²) in [6.07, 6.45) is 7.48. The van der Waals surface area contributed by atoms with Gasteiger partial charge in [0.25, 0.3) is 16.8 Å². The van der Waals surface area contributed by atoms with Crippen LogP contribution in [0, 0.1) is 29.9 Å². The van der Waals surface area contributed by atoms with Crippen LogP contribution < -0.4 is 0 Å². The average Bonchev–Trinajstić information content (AvgIpc) is 3.18. The summed E-state index contributed by atoms with van der Waals surface area (Å²) in [6.45, 7) is 4.33. The van der Waals surface area contributed by atoms with Gasteiger partial charge < -0.3 is 4.57 Å². The lowest BCUT2D eigenvalue weighted by molar-refractivity contribution is -0.384. The van der Waals surface area contributed by atoms with E-state index in [4.69, 9.17) is 0 Å². The van der Waals surface area contributed by atoms with Gasteiger partial charge in [-0.25, -0.2) is 0 Å². The number of amides is 2. The van der Waals surface area contributed by atoms with E-state index in [-0.39, 0.29) is 16.8 Å². The Morgan fingerprint density at radius 1 is 1.16 bits per heavy atom. The van der Waals surface area contributed by atoms with Gasteiger partial charge in [0.1, 0.15) is 0 Å². The van der Waals surface area contributed by atoms with Gasteiger partial charge in [-0.2, -0.15) is 0 Å². The molecule has 1 aliphatic heterocycles. The minimum absolute atomic E-state index is 0.0235. The fourth-order valence-electron chi connectivity index (χ4n) is 4.50. The molecule has 8 heteroatoms. The van der Waals surface area contributed by atoms with Crippen LogP contribution in [0.25, 0.3) is 11.8 Å². The third-order valence-corrected chi connectivity index (χ3v) is 7.00. The topological polar surface area (TPSA) is 85.5 Å². The lowest BCUT2D eigenvalue weighted by atomic mass is 9.89. The van der Waals surface area contributed by atoms with Crippen molar-refractivity contribution in [2.75, 3.05) is 6.54 Å². The van der Waals surface area contributed by atoms with E-state index in [1.807, 2.05) is 30.5 Å². The zero-order valence-corrected chi connectivity index (χ0v) is 18.5. The third-order valence-electron chi connectivity index (χ3n) is 6.09. The summed E-state index contributed by atoms with van der Waals surface area (Å²) in [5.41, 5.74) is 3.29. The number of nitrogens with zero attached hydrogens (tertiary/aromatic N) is 3. The Kier molecular flexibility index (Phi) is 6.00. The van der Waals surface area contributed by atoms with E-state index in [1.54, 1.807) is 12.1 Å². The molecule has 0 spiro atoms. The molecule has 2 aliphatic rings. The highest BCUT2D eigenvalue weighted by molar-refractivity contribution is 8.18. The molecule has 1 aromatic heterocycles. The molecule has 7 nitrogen and oxygen atoms in total. The van der Waals surface area contributed by atoms with Crippen molar-refractivity contribution in [1.82, 2.24) is 9.47 Å². The number of rotatable bonds is 5. The minimum atomic E-state index is -0.416. The number of non-ortho nitro benzene ring substituents is 1. The second kappa shape index (κ2) is 8.70. The lowest BCUT2D eigenvalue weighted by Crippen LogP contribution is -2.34. The maximum Gasteiger partial charge on any atom is 0.293 e. The molecule has 1 aliphatic carbocycles. The lowest BCUT2D eigenvalue weighted by Gasteiger charge is -2.25. The van der Waals surface area contributed by atoms with Crippen LogP contribution in [0.3, 0.4) is 0 Å². The maximum absolute atomic E-state index is 12.9. The van der Waals surface area contributed by atoms with Gasteiger partial charge >= 0.3 is 0 Å². The van der Waals surface area contributed by atoms with Gasteiger partial charge in [-0.1, -0.05) is 25.3 Å². The zero-order valence-electron chi connectivity index (χ0n) is 17.7. The predicted molar refractivity (Wildman–Crippen MR) is 121 cm³/mol. The van der Waals surface area contributed by atoms with Crippen LogP contribution in [0.5, 0.6) is 0 Å². The first kappa shape index (κ1) is 21.4. The van der Waals surface area contributed by atoms with E-state index in [0.29, 0.717) is 23.1 Å². The standard InChI is InChI=1S/C23H25N3O4S/c1-15-11-18(16(2)25(15)19-9-6-10-20(13-19)26(29)30)12-21-22(27)24(23(28)31-21)14-17-7-4-3-5-8-17/h6,9-13,17H,3-5,7-8,14H2,1-2H3/b21-12+. The van der Waals surface area contributed by atoms with Crippen molar-refractivity contribution in [2.45, 2.75) is 46.0 Å². The van der Waals surface area contributed by atoms with E-state index in [0.717, 1.165) is 41.6 Å². The van der Waals surface area contributed by atoms with Gasteiger partial charge in [-0.05, 0) is 68.1 Å². The zero-order chi connectivity index (χ0) is 22.1. The molecule has 4 rings (SSSR count). The molecule has 2 fully saturated rings. The SMILES string of the molecule is Cc1cc(/C=C2/SC(=O)N(CC3CCCCC3)C2=O)c(C)n1-c1cccc([N+](=O)[O-])c1. The van der Waals surface area contributed by atoms with Gasteiger partial charge in [0, 0.05) is 30.1 Å². The Balaban J connectivity index is 1.60. The summed E-state index contributed by atoms with van der Waals surface area (Å²) in [5.74, 6) is 0.182. The Morgan fingerprint density at radius 2 is 1.90 bits per heavy atom. The summed E-state index contributed by atoms with van der Waals surface area (Å²) in [7, 11) is 0. The second-order valence-corrected chi connectivity index (χ2v) is 9.23. The number of benzene rings is 1. The molecule has 0 N–H and O–H groups in total. The van der Waals surface area contributed by atoms with Crippen molar-refractivity contribution >= 4 is 34.7 Å².